The van der Waals surface area contributed by atoms with Crippen LogP contribution in [-0.2, 0) is 0 Å². The molecule has 1 aliphatic rings. The molecule has 110 valence electrons. The van der Waals surface area contributed by atoms with Crippen molar-refractivity contribution in [2.75, 3.05) is 18.8 Å². The van der Waals surface area contributed by atoms with Gasteiger partial charge in [0.25, 0.3) is 0 Å². The van der Waals surface area contributed by atoms with Crippen LogP contribution in [0.1, 0.15) is 31.1 Å². The highest BCUT2D eigenvalue weighted by Gasteiger charge is 2.23. The summed E-state index contributed by atoms with van der Waals surface area (Å²) < 4.78 is 13.8. The SMILES string of the molecule is CC(C)NC(=O)N1CCSC(c2ccccc2F)CC1. The Balaban J connectivity index is 1.99. The van der Waals surface area contributed by atoms with Crippen molar-refractivity contribution in [3.63, 3.8) is 0 Å². The number of hydrogen-bond donors (Lipinski definition) is 1. The lowest BCUT2D eigenvalue weighted by molar-refractivity contribution is 0.198. The van der Waals surface area contributed by atoms with Crippen molar-refractivity contribution in [3.8, 4) is 0 Å². The number of thioether (sulfide) groups is 1. The number of carbonyl (C=O) groups excluding carboxylic acids is 1. The first-order valence-electron chi connectivity index (χ1n) is 6.99. The summed E-state index contributed by atoms with van der Waals surface area (Å²) in [5.74, 6) is 0.690. The van der Waals surface area contributed by atoms with Crippen LogP contribution in [0, 0.1) is 5.82 Å². The summed E-state index contributed by atoms with van der Waals surface area (Å²) in [6, 6.07) is 7.05. The van der Waals surface area contributed by atoms with E-state index in [2.05, 4.69) is 5.32 Å². The lowest BCUT2D eigenvalue weighted by atomic mass is 10.1. The average molecular weight is 296 g/mol. The first-order chi connectivity index (χ1) is 9.58. The third-order valence-corrected chi connectivity index (χ3v) is 4.60. The van der Waals surface area contributed by atoms with Gasteiger partial charge in [0, 0.05) is 35.7 Å². The minimum Gasteiger partial charge on any atom is -0.336 e. The van der Waals surface area contributed by atoms with Crippen molar-refractivity contribution in [1.29, 1.82) is 0 Å². The molecule has 5 heteroatoms. The van der Waals surface area contributed by atoms with Gasteiger partial charge in [-0.3, -0.25) is 0 Å². The summed E-state index contributed by atoms with van der Waals surface area (Å²) in [5, 5.41) is 3.04. The van der Waals surface area contributed by atoms with E-state index < -0.39 is 0 Å². The molecule has 0 aliphatic carbocycles. The smallest absolute Gasteiger partial charge is 0.317 e. The number of carbonyl (C=O) groups is 1. The summed E-state index contributed by atoms with van der Waals surface area (Å²) in [6.45, 7) is 5.29. The second-order valence-electron chi connectivity index (χ2n) is 5.26. The number of urea groups is 1. The van der Waals surface area contributed by atoms with Crippen LogP contribution in [0.5, 0.6) is 0 Å². The van der Waals surface area contributed by atoms with E-state index in [9.17, 15) is 9.18 Å². The fourth-order valence-corrected chi connectivity index (χ4v) is 3.55. The first-order valence-corrected chi connectivity index (χ1v) is 8.04. The van der Waals surface area contributed by atoms with Crippen LogP contribution in [0.2, 0.25) is 0 Å². The van der Waals surface area contributed by atoms with Crippen LogP contribution in [0.25, 0.3) is 0 Å². The molecule has 20 heavy (non-hydrogen) atoms. The third-order valence-electron chi connectivity index (χ3n) is 3.29. The van der Waals surface area contributed by atoms with Gasteiger partial charge >= 0.3 is 6.03 Å². The predicted molar refractivity (Wildman–Crippen MR) is 81.5 cm³/mol. The Hall–Kier alpha value is -1.23. The number of hydrogen-bond acceptors (Lipinski definition) is 2. The van der Waals surface area contributed by atoms with E-state index in [0.29, 0.717) is 13.1 Å². The molecule has 0 radical (unpaired) electrons. The van der Waals surface area contributed by atoms with Gasteiger partial charge in [-0.2, -0.15) is 11.8 Å². The summed E-state index contributed by atoms with van der Waals surface area (Å²) in [4.78, 5) is 13.8. The van der Waals surface area contributed by atoms with Gasteiger partial charge in [-0.1, -0.05) is 18.2 Å². The van der Waals surface area contributed by atoms with E-state index in [1.807, 2.05) is 30.9 Å². The molecule has 0 saturated carbocycles. The third kappa shape index (κ3) is 3.88. The standard InChI is InChI=1S/C15H21FN2OS/c1-11(2)17-15(19)18-8-7-14(20-10-9-18)12-5-3-4-6-13(12)16/h3-6,11,14H,7-10H2,1-2H3,(H,17,19). The quantitative estimate of drug-likeness (QED) is 0.907. The van der Waals surface area contributed by atoms with Crippen molar-refractivity contribution in [2.24, 2.45) is 0 Å². The molecule has 1 aliphatic heterocycles. The van der Waals surface area contributed by atoms with Gasteiger partial charge in [-0.25, -0.2) is 9.18 Å². The van der Waals surface area contributed by atoms with E-state index >= 15 is 0 Å². The average Bonchev–Trinajstić information content (AvgIpc) is 2.64. The fourth-order valence-electron chi connectivity index (χ4n) is 2.30. The Bertz CT molecular complexity index is 467. The molecule has 1 saturated heterocycles. The van der Waals surface area contributed by atoms with Crippen LogP contribution in [0.4, 0.5) is 9.18 Å². The van der Waals surface area contributed by atoms with Crippen molar-refractivity contribution in [1.82, 2.24) is 10.2 Å². The Morgan fingerprint density at radius 1 is 1.40 bits per heavy atom. The maximum atomic E-state index is 13.8. The maximum Gasteiger partial charge on any atom is 0.317 e. The first kappa shape index (κ1) is 15.2. The molecule has 1 heterocycles. The van der Waals surface area contributed by atoms with Crippen molar-refractivity contribution >= 4 is 17.8 Å². The Kier molecular flexibility index (Phi) is 5.29. The van der Waals surface area contributed by atoms with Crippen LogP contribution in [0.15, 0.2) is 24.3 Å². The van der Waals surface area contributed by atoms with Crippen molar-refractivity contribution < 1.29 is 9.18 Å². The minimum absolute atomic E-state index is 0.0187. The van der Waals surface area contributed by atoms with Crippen molar-refractivity contribution in [3.05, 3.63) is 35.6 Å². The van der Waals surface area contributed by atoms with E-state index in [0.717, 1.165) is 17.7 Å². The molecule has 2 amide bonds. The molecule has 0 bridgehead atoms. The molecular formula is C15H21FN2OS. The molecule has 1 aromatic rings. The van der Waals surface area contributed by atoms with E-state index in [4.69, 9.17) is 0 Å². The highest BCUT2D eigenvalue weighted by atomic mass is 32.2. The molecule has 2 rings (SSSR count). The van der Waals surface area contributed by atoms with Gasteiger partial charge in [-0.15, -0.1) is 0 Å². The number of halogens is 1. The number of benzene rings is 1. The van der Waals surface area contributed by atoms with E-state index in [-0.39, 0.29) is 23.1 Å². The summed E-state index contributed by atoms with van der Waals surface area (Å²) in [6.07, 6.45) is 0.789. The van der Waals surface area contributed by atoms with Gasteiger partial charge in [0.15, 0.2) is 0 Å². The zero-order chi connectivity index (χ0) is 14.5. The largest absolute Gasteiger partial charge is 0.336 e. The number of rotatable bonds is 2. The Morgan fingerprint density at radius 3 is 2.85 bits per heavy atom. The normalized spacial score (nSPS) is 19.8. The molecule has 3 nitrogen and oxygen atoms in total. The molecule has 1 aromatic carbocycles. The monoisotopic (exact) mass is 296 g/mol. The molecule has 1 unspecified atom stereocenters. The number of nitrogens with zero attached hydrogens (tertiary/aromatic N) is 1. The van der Waals surface area contributed by atoms with Crippen LogP contribution in [-0.4, -0.2) is 35.8 Å². The molecule has 1 fully saturated rings. The zero-order valence-electron chi connectivity index (χ0n) is 11.9. The van der Waals surface area contributed by atoms with Gasteiger partial charge in [-0.05, 0) is 26.3 Å². The number of amides is 2. The summed E-state index contributed by atoms with van der Waals surface area (Å²) >= 11 is 1.73. The molecular weight excluding hydrogens is 275 g/mol. The van der Waals surface area contributed by atoms with Gasteiger partial charge in [0.05, 0.1) is 0 Å². The molecule has 0 aromatic heterocycles. The highest BCUT2D eigenvalue weighted by Crippen LogP contribution is 2.35. The van der Waals surface area contributed by atoms with Gasteiger partial charge in [0.2, 0.25) is 0 Å². The Labute approximate surface area is 123 Å². The predicted octanol–water partition coefficient (Wildman–Crippen LogP) is 3.42. The lowest BCUT2D eigenvalue weighted by Gasteiger charge is -2.22. The molecule has 1 N–H and O–H groups in total. The highest BCUT2D eigenvalue weighted by molar-refractivity contribution is 7.99. The zero-order valence-corrected chi connectivity index (χ0v) is 12.8. The fraction of sp³-hybridized carbons (Fsp3) is 0.533. The maximum absolute atomic E-state index is 13.8. The van der Waals surface area contributed by atoms with Crippen LogP contribution < -0.4 is 5.32 Å². The minimum atomic E-state index is -0.148. The van der Waals surface area contributed by atoms with Crippen LogP contribution in [0.3, 0.4) is 0 Å². The van der Waals surface area contributed by atoms with E-state index in [1.54, 1.807) is 17.8 Å². The molecule has 1 atom stereocenters. The topological polar surface area (TPSA) is 32.3 Å². The van der Waals surface area contributed by atoms with Crippen molar-refractivity contribution in [2.45, 2.75) is 31.6 Å². The van der Waals surface area contributed by atoms with Gasteiger partial charge < -0.3 is 10.2 Å². The second-order valence-corrected chi connectivity index (χ2v) is 6.57. The Morgan fingerprint density at radius 2 is 2.15 bits per heavy atom. The lowest BCUT2D eigenvalue weighted by Crippen LogP contribution is -2.43. The second kappa shape index (κ2) is 6.97. The van der Waals surface area contributed by atoms with Gasteiger partial charge in [0.1, 0.15) is 5.82 Å². The molecule has 0 spiro atoms. The van der Waals surface area contributed by atoms with Crippen LogP contribution >= 0.6 is 11.8 Å². The summed E-state index contributed by atoms with van der Waals surface area (Å²) in [7, 11) is 0. The number of nitrogens with one attached hydrogen (secondary N) is 1. The summed E-state index contributed by atoms with van der Waals surface area (Å²) in [5.41, 5.74) is 0.753. The van der Waals surface area contributed by atoms with E-state index in [1.165, 1.54) is 6.07 Å².